The zero-order chi connectivity index (χ0) is 32.2. The molecule has 0 saturated carbocycles. The monoisotopic (exact) mass is 631 g/mol. The second-order valence-electron chi connectivity index (χ2n) is 11.0. The van der Waals surface area contributed by atoms with Crippen molar-refractivity contribution >= 4 is 24.3 Å². The van der Waals surface area contributed by atoms with Gasteiger partial charge >= 0.3 is 11.9 Å². The Bertz CT molecular complexity index is 1420. The fourth-order valence-corrected chi connectivity index (χ4v) is 5.25. The third-order valence-electron chi connectivity index (χ3n) is 7.51. The van der Waals surface area contributed by atoms with Gasteiger partial charge < -0.3 is 15.2 Å². The zero-order valence-corrected chi connectivity index (χ0v) is 28.2. The average molecular weight is 632 g/mol. The Hall–Kier alpha value is -4.07. The van der Waals surface area contributed by atoms with Crippen molar-refractivity contribution in [2.24, 2.45) is 5.73 Å². The summed E-state index contributed by atoms with van der Waals surface area (Å²) in [5.41, 5.74) is 17.0. The summed E-state index contributed by atoms with van der Waals surface area (Å²) in [4.78, 5) is 32.2. The molecule has 2 N–H and O–H groups in total. The number of halogens is 1. The third-order valence-corrected chi connectivity index (χ3v) is 7.51. The number of rotatable bonds is 10. The lowest BCUT2D eigenvalue weighted by molar-refractivity contribution is -0.144. The Morgan fingerprint density at radius 2 is 1.09 bits per heavy atom. The van der Waals surface area contributed by atoms with Crippen molar-refractivity contribution in [3.63, 3.8) is 0 Å². The Morgan fingerprint density at radius 3 is 1.53 bits per heavy atom. The van der Waals surface area contributed by atoms with E-state index in [1.165, 1.54) is 27.8 Å². The van der Waals surface area contributed by atoms with E-state index in [1.807, 2.05) is 44.3 Å². The summed E-state index contributed by atoms with van der Waals surface area (Å²) in [6, 6.07) is 19.9. The van der Waals surface area contributed by atoms with E-state index in [0.29, 0.717) is 19.6 Å². The van der Waals surface area contributed by atoms with Crippen molar-refractivity contribution < 1.29 is 19.1 Å². The summed E-state index contributed by atoms with van der Waals surface area (Å²) in [5.74, 6) is -0.314. The molecule has 0 radical (unpaired) electrons. The minimum absolute atomic E-state index is 0. The molecule has 2 heterocycles. The fourth-order valence-electron chi connectivity index (χ4n) is 5.25. The first kappa shape index (κ1) is 37.1. The molecule has 0 unspecified atom stereocenters. The van der Waals surface area contributed by atoms with Crippen LogP contribution in [0.2, 0.25) is 0 Å². The maximum atomic E-state index is 11.7. The van der Waals surface area contributed by atoms with Gasteiger partial charge in [-0.25, -0.2) is 0 Å². The molecule has 0 saturated heterocycles. The van der Waals surface area contributed by atoms with Gasteiger partial charge in [-0.3, -0.25) is 19.6 Å². The molecule has 0 aliphatic heterocycles. The molecule has 4 rings (SSSR count). The molecule has 2 aromatic heterocycles. The highest BCUT2D eigenvalue weighted by atomic mass is 35.5. The molecular weight excluding hydrogens is 586 g/mol. The Morgan fingerprint density at radius 1 is 0.689 bits per heavy atom. The number of benzene rings is 2. The second-order valence-corrected chi connectivity index (χ2v) is 11.0. The molecule has 45 heavy (non-hydrogen) atoms. The Kier molecular flexibility index (Phi) is 14.9. The van der Waals surface area contributed by atoms with Gasteiger partial charge in [-0.1, -0.05) is 43.3 Å². The highest BCUT2D eigenvalue weighted by molar-refractivity contribution is 5.85. The lowest BCUT2D eigenvalue weighted by atomic mass is 9.94. The first-order chi connectivity index (χ1) is 21.0. The predicted molar refractivity (Wildman–Crippen MR) is 183 cm³/mol. The molecular formula is C37H46ClN3O4. The van der Waals surface area contributed by atoms with Crippen molar-refractivity contribution in [1.29, 1.82) is 0 Å². The molecule has 0 amide bonds. The number of aryl methyl sites for hydroxylation is 4. The van der Waals surface area contributed by atoms with Crippen molar-refractivity contribution in [3.8, 4) is 22.5 Å². The second kappa shape index (κ2) is 18.0. The van der Waals surface area contributed by atoms with Gasteiger partial charge in [0.1, 0.15) is 0 Å². The lowest BCUT2D eigenvalue weighted by Gasteiger charge is -2.14. The van der Waals surface area contributed by atoms with Gasteiger partial charge in [0.15, 0.2) is 0 Å². The highest BCUT2D eigenvalue weighted by Gasteiger charge is 2.16. The Balaban J connectivity index is 0.000000307. The van der Waals surface area contributed by atoms with Crippen LogP contribution >= 0.6 is 12.4 Å². The molecule has 7 nitrogen and oxygen atoms in total. The molecule has 0 aliphatic rings. The van der Waals surface area contributed by atoms with Crippen LogP contribution in [0.15, 0.2) is 73.1 Å². The highest BCUT2D eigenvalue weighted by Crippen LogP contribution is 2.29. The van der Waals surface area contributed by atoms with Gasteiger partial charge in [-0.2, -0.15) is 0 Å². The number of esters is 2. The SMILES string of the molecule is CCOC(=O)C[C@@H](C)c1ccnc(-c2c(C)cccc2C)c1.CCOC(=O)C[C@@H](N)c1ccnc(-c2c(C)cccc2C)c1.Cl. The predicted octanol–water partition coefficient (Wildman–Crippen LogP) is 8.16. The standard InChI is InChI=1S/C19H23NO2.C18H22N2O2.ClH/c1-5-22-18(21)11-15(4)16-9-10-20-17(12-16)19-13(2)7-6-8-14(19)3;1-4-22-17(21)11-15(19)14-8-9-20-16(10-14)18-12(2)6-5-7-13(18)3;/h6-10,12,15H,5,11H2,1-4H3;5-10,15H,4,11,19H2,1-3H3;1H/t2*15-;/m11./s1. The summed E-state index contributed by atoms with van der Waals surface area (Å²) in [6.45, 7) is 14.8. The smallest absolute Gasteiger partial charge is 0.307 e. The molecule has 4 aromatic rings. The van der Waals surface area contributed by atoms with Gasteiger partial charge in [-0.15, -0.1) is 12.4 Å². The van der Waals surface area contributed by atoms with Crippen LogP contribution in [0, 0.1) is 27.7 Å². The van der Waals surface area contributed by atoms with E-state index in [9.17, 15) is 9.59 Å². The number of carbonyl (C=O) groups is 2. The van der Waals surface area contributed by atoms with Crippen LogP contribution in [0.25, 0.3) is 22.5 Å². The van der Waals surface area contributed by atoms with Gasteiger partial charge in [0.05, 0.1) is 37.4 Å². The fraction of sp³-hybridized carbons (Fsp3) is 0.351. The number of nitrogens with zero attached hydrogens (tertiary/aromatic N) is 2. The van der Waals surface area contributed by atoms with Gasteiger partial charge in [-0.05, 0) is 105 Å². The molecule has 0 bridgehead atoms. The molecule has 2 atom stereocenters. The van der Waals surface area contributed by atoms with Crippen molar-refractivity contribution in [2.45, 2.75) is 73.3 Å². The lowest BCUT2D eigenvalue weighted by Crippen LogP contribution is -2.17. The normalized spacial score (nSPS) is 11.7. The first-order valence-corrected chi connectivity index (χ1v) is 15.2. The number of nitrogens with two attached hydrogens (primary N) is 1. The average Bonchev–Trinajstić information content (AvgIpc) is 2.98. The number of hydrogen-bond donors (Lipinski definition) is 1. The number of hydrogen-bond acceptors (Lipinski definition) is 7. The number of ether oxygens (including phenoxy) is 2. The minimum Gasteiger partial charge on any atom is -0.466 e. The van der Waals surface area contributed by atoms with Crippen LogP contribution in [0.5, 0.6) is 0 Å². The van der Waals surface area contributed by atoms with Crippen LogP contribution in [-0.4, -0.2) is 35.1 Å². The largest absolute Gasteiger partial charge is 0.466 e. The molecule has 2 aromatic carbocycles. The molecule has 8 heteroatoms. The van der Waals surface area contributed by atoms with Gasteiger partial charge in [0, 0.05) is 29.6 Å². The van der Waals surface area contributed by atoms with Crippen LogP contribution < -0.4 is 5.73 Å². The van der Waals surface area contributed by atoms with Crippen molar-refractivity contribution in [1.82, 2.24) is 9.97 Å². The summed E-state index contributed by atoms with van der Waals surface area (Å²) in [7, 11) is 0. The van der Waals surface area contributed by atoms with Crippen LogP contribution in [0.3, 0.4) is 0 Å². The minimum atomic E-state index is -0.384. The van der Waals surface area contributed by atoms with E-state index in [4.69, 9.17) is 15.2 Å². The first-order valence-electron chi connectivity index (χ1n) is 15.2. The number of pyridine rings is 2. The van der Waals surface area contributed by atoms with Crippen molar-refractivity contribution in [3.05, 3.63) is 106 Å². The summed E-state index contributed by atoms with van der Waals surface area (Å²) in [5, 5.41) is 0. The molecule has 0 aliphatic carbocycles. The van der Waals surface area contributed by atoms with Crippen molar-refractivity contribution in [2.75, 3.05) is 13.2 Å². The van der Waals surface area contributed by atoms with Crippen LogP contribution in [0.1, 0.15) is 79.0 Å². The quantitative estimate of drug-likeness (QED) is 0.176. The van der Waals surface area contributed by atoms with E-state index in [0.717, 1.165) is 28.1 Å². The van der Waals surface area contributed by atoms with Crippen LogP contribution in [-0.2, 0) is 19.1 Å². The van der Waals surface area contributed by atoms with E-state index in [2.05, 4.69) is 74.1 Å². The zero-order valence-electron chi connectivity index (χ0n) is 27.4. The number of aromatic nitrogens is 2. The Labute approximate surface area is 274 Å². The van der Waals surface area contributed by atoms with E-state index in [-0.39, 0.29) is 42.7 Å². The summed E-state index contributed by atoms with van der Waals surface area (Å²) >= 11 is 0. The topological polar surface area (TPSA) is 104 Å². The van der Waals surface area contributed by atoms with Crippen LogP contribution in [0.4, 0.5) is 0 Å². The van der Waals surface area contributed by atoms with E-state index >= 15 is 0 Å². The summed E-state index contributed by atoms with van der Waals surface area (Å²) < 4.78 is 9.99. The third kappa shape index (κ3) is 10.5. The van der Waals surface area contributed by atoms with Gasteiger partial charge in [0.2, 0.25) is 0 Å². The summed E-state index contributed by atoms with van der Waals surface area (Å²) in [6.07, 6.45) is 4.12. The van der Waals surface area contributed by atoms with Gasteiger partial charge in [0.25, 0.3) is 0 Å². The van der Waals surface area contributed by atoms with E-state index in [1.54, 1.807) is 13.1 Å². The molecule has 240 valence electrons. The number of carbonyl (C=O) groups excluding carboxylic acids is 2. The van der Waals surface area contributed by atoms with E-state index < -0.39 is 0 Å². The maximum Gasteiger partial charge on any atom is 0.307 e. The molecule has 0 spiro atoms. The molecule has 0 fully saturated rings. The maximum absolute atomic E-state index is 11.7.